The molecule has 2 aliphatic rings. The Morgan fingerprint density at radius 3 is 2.64 bits per heavy atom. The molecule has 0 N–H and O–H groups in total. The maximum atomic E-state index is 12.8. The summed E-state index contributed by atoms with van der Waals surface area (Å²) in [4.78, 5) is 15.0. The number of hydrogen-bond donors (Lipinski definition) is 0. The number of ether oxygens (including phenoxy) is 1. The van der Waals surface area contributed by atoms with Crippen molar-refractivity contribution in [2.75, 3.05) is 19.6 Å². The van der Waals surface area contributed by atoms with Gasteiger partial charge in [0.05, 0.1) is 18.2 Å². The van der Waals surface area contributed by atoms with Gasteiger partial charge in [-0.3, -0.25) is 9.69 Å². The molecule has 4 heteroatoms. The molecule has 1 aliphatic heterocycles. The molecule has 1 saturated carbocycles. The first-order chi connectivity index (χ1) is 10.3. The van der Waals surface area contributed by atoms with E-state index < -0.39 is 0 Å². The lowest BCUT2D eigenvalue weighted by molar-refractivity contribution is -0.126. The summed E-state index contributed by atoms with van der Waals surface area (Å²) >= 11 is 0. The molecule has 0 amide bonds. The fraction of sp³-hybridized carbons (Fsp3) is 0.722. The molecule has 122 valence electrons. The van der Waals surface area contributed by atoms with Crippen molar-refractivity contribution in [2.45, 2.75) is 65.2 Å². The van der Waals surface area contributed by atoms with Crippen LogP contribution in [0.15, 0.2) is 6.07 Å². The molecular weight excluding hydrogens is 276 g/mol. The van der Waals surface area contributed by atoms with Gasteiger partial charge in [0.1, 0.15) is 0 Å². The molecule has 2 heterocycles. The fourth-order valence-electron chi connectivity index (χ4n) is 3.95. The first-order valence-corrected chi connectivity index (χ1v) is 8.38. The van der Waals surface area contributed by atoms with Gasteiger partial charge in [-0.15, -0.1) is 0 Å². The number of rotatable bonds is 4. The monoisotopic (exact) mass is 304 g/mol. The molecule has 0 aromatic carbocycles. The van der Waals surface area contributed by atoms with Gasteiger partial charge in [0.2, 0.25) is 0 Å². The van der Waals surface area contributed by atoms with Gasteiger partial charge in [0, 0.05) is 36.1 Å². The minimum atomic E-state index is -0.178. The second-order valence-corrected chi connectivity index (χ2v) is 7.67. The zero-order chi connectivity index (χ0) is 16.1. The molecular formula is C18H28N2O2. The highest BCUT2D eigenvalue weighted by Gasteiger charge is 2.33. The van der Waals surface area contributed by atoms with Crippen molar-refractivity contribution < 1.29 is 9.53 Å². The SMILES string of the molecule is Cc1cc(C(=O)CN2C[C@@H](C)OC(C)(C)C2)c(C)n1C1CC1. The van der Waals surface area contributed by atoms with Crippen LogP contribution in [0.2, 0.25) is 0 Å². The van der Waals surface area contributed by atoms with Crippen LogP contribution in [0, 0.1) is 13.8 Å². The first-order valence-electron chi connectivity index (χ1n) is 8.38. The molecule has 0 bridgehead atoms. The van der Waals surface area contributed by atoms with Crippen molar-refractivity contribution in [2.24, 2.45) is 0 Å². The first kappa shape index (κ1) is 15.8. The van der Waals surface area contributed by atoms with Gasteiger partial charge in [0.15, 0.2) is 5.78 Å². The second kappa shape index (κ2) is 5.50. The number of Topliss-reactive ketones (excluding diaryl/α,β-unsaturated/α-hetero) is 1. The minimum absolute atomic E-state index is 0.176. The van der Waals surface area contributed by atoms with E-state index in [9.17, 15) is 4.79 Å². The summed E-state index contributed by atoms with van der Waals surface area (Å²) in [6.07, 6.45) is 2.67. The standard InChI is InChI=1S/C18H28N2O2/c1-12-8-16(14(3)20(12)15-6-7-15)17(21)10-19-9-13(2)22-18(4,5)11-19/h8,13,15H,6-7,9-11H2,1-5H3/t13-/m1/s1. The Morgan fingerprint density at radius 2 is 2.05 bits per heavy atom. The van der Waals surface area contributed by atoms with Crippen molar-refractivity contribution >= 4 is 5.78 Å². The van der Waals surface area contributed by atoms with Gasteiger partial charge in [-0.1, -0.05) is 0 Å². The Morgan fingerprint density at radius 1 is 1.36 bits per heavy atom. The van der Waals surface area contributed by atoms with E-state index in [4.69, 9.17) is 4.74 Å². The average molecular weight is 304 g/mol. The zero-order valence-electron chi connectivity index (χ0n) is 14.5. The predicted octanol–water partition coefficient (Wildman–Crippen LogP) is 3.12. The average Bonchev–Trinajstić information content (AvgIpc) is 3.13. The molecule has 1 aromatic rings. The Balaban J connectivity index is 1.73. The van der Waals surface area contributed by atoms with E-state index in [1.807, 2.05) is 0 Å². The van der Waals surface area contributed by atoms with Crippen LogP contribution in [0.3, 0.4) is 0 Å². The van der Waals surface area contributed by atoms with Crippen LogP contribution >= 0.6 is 0 Å². The van der Waals surface area contributed by atoms with Crippen molar-refractivity contribution in [1.82, 2.24) is 9.47 Å². The summed E-state index contributed by atoms with van der Waals surface area (Å²) in [5, 5.41) is 0. The van der Waals surface area contributed by atoms with Crippen LogP contribution in [0.1, 0.15) is 61.4 Å². The van der Waals surface area contributed by atoms with Crippen molar-refractivity contribution in [3.8, 4) is 0 Å². The third kappa shape index (κ3) is 3.13. The number of carbonyl (C=O) groups excluding carboxylic acids is 1. The lowest BCUT2D eigenvalue weighted by Gasteiger charge is -2.41. The molecule has 0 radical (unpaired) electrons. The molecule has 1 saturated heterocycles. The van der Waals surface area contributed by atoms with Gasteiger partial charge in [0.25, 0.3) is 0 Å². The lowest BCUT2D eigenvalue weighted by Crippen LogP contribution is -2.53. The third-order valence-corrected chi connectivity index (χ3v) is 4.70. The van der Waals surface area contributed by atoms with Crippen molar-refractivity contribution in [3.05, 3.63) is 23.0 Å². The topological polar surface area (TPSA) is 34.5 Å². The van der Waals surface area contributed by atoms with Gasteiger partial charge < -0.3 is 9.30 Å². The number of nitrogens with zero attached hydrogens (tertiary/aromatic N) is 2. The van der Waals surface area contributed by atoms with E-state index >= 15 is 0 Å². The molecule has 2 fully saturated rings. The van der Waals surface area contributed by atoms with Crippen molar-refractivity contribution in [1.29, 1.82) is 0 Å². The molecule has 22 heavy (non-hydrogen) atoms. The summed E-state index contributed by atoms with van der Waals surface area (Å²) in [6.45, 7) is 12.6. The number of aromatic nitrogens is 1. The Hall–Kier alpha value is -1.13. The van der Waals surface area contributed by atoms with E-state index in [2.05, 4.69) is 50.2 Å². The van der Waals surface area contributed by atoms with Gasteiger partial charge in [-0.05, 0) is 53.5 Å². The summed E-state index contributed by atoms with van der Waals surface area (Å²) in [7, 11) is 0. The number of hydrogen-bond acceptors (Lipinski definition) is 3. The van der Waals surface area contributed by atoms with Crippen LogP contribution in [0.5, 0.6) is 0 Å². The lowest BCUT2D eigenvalue weighted by atomic mass is 10.0. The molecule has 1 atom stereocenters. The highest BCUT2D eigenvalue weighted by Crippen LogP contribution is 2.38. The molecule has 1 aliphatic carbocycles. The number of aryl methyl sites for hydroxylation is 1. The quantitative estimate of drug-likeness (QED) is 0.802. The Kier molecular flexibility index (Phi) is 3.94. The summed E-state index contributed by atoms with van der Waals surface area (Å²) in [5.74, 6) is 0.241. The Bertz CT molecular complexity index is 584. The molecule has 1 aromatic heterocycles. The molecule has 3 rings (SSSR count). The van der Waals surface area contributed by atoms with E-state index in [1.54, 1.807) is 0 Å². The number of carbonyl (C=O) groups is 1. The van der Waals surface area contributed by atoms with Crippen molar-refractivity contribution in [3.63, 3.8) is 0 Å². The Labute approximate surface area is 133 Å². The summed E-state index contributed by atoms with van der Waals surface area (Å²) in [6, 6.07) is 2.70. The fourth-order valence-corrected chi connectivity index (χ4v) is 3.95. The number of morpholine rings is 1. The third-order valence-electron chi connectivity index (χ3n) is 4.70. The minimum Gasteiger partial charge on any atom is -0.370 e. The van der Waals surface area contributed by atoms with Crippen LogP contribution in [0.4, 0.5) is 0 Å². The molecule has 0 unspecified atom stereocenters. The zero-order valence-corrected chi connectivity index (χ0v) is 14.5. The molecule has 0 spiro atoms. The van der Waals surface area contributed by atoms with Crippen LogP contribution in [0.25, 0.3) is 0 Å². The largest absolute Gasteiger partial charge is 0.370 e. The van der Waals surface area contributed by atoms with E-state index in [0.29, 0.717) is 12.6 Å². The van der Waals surface area contributed by atoms with E-state index in [0.717, 1.165) is 24.3 Å². The normalized spacial score (nSPS) is 25.4. The highest BCUT2D eigenvalue weighted by atomic mass is 16.5. The van der Waals surface area contributed by atoms with E-state index in [1.165, 1.54) is 18.5 Å². The number of ketones is 1. The maximum Gasteiger partial charge on any atom is 0.178 e. The van der Waals surface area contributed by atoms with Crippen LogP contribution in [-0.4, -0.2) is 46.6 Å². The smallest absolute Gasteiger partial charge is 0.178 e. The predicted molar refractivity (Wildman–Crippen MR) is 87.6 cm³/mol. The van der Waals surface area contributed by atoms with Gasteiger partial charge in [-0.2, -0.15) is 0 Å². The highest BCUT2D eigenvalue weighted by molar-refractivity contribution is 5.99. The van der Waals surface area contributed by atoms with E-state index in [-0.39, 0.29) is 17.5 Å². The van der Waals surface area contributed by atoms with Gasteiger partial charge in [-0.25, -0.2) is 0 Å². The van der Waals surface area contributed by atoms with Crippen LogP contribution in [-0.2, 0) is 4.74 Å². The second-order valence-electron chi connectivity index (χ2n) is 7.67. The summed E-state index contributed by atoms with van der Waals surface area (Å²) < 4.78 is 8.27. The van der Waals surface area contributed by atoms with Crippen LogP contribution < -0.4 is 0 Å². The molecule has 4 nitrogen and oxygen atoms in total. The summed E-state index contributed by atoms with van der Waals surface area (Å²) in [5.41, 5.74) is 3.09. The maximum absolute atomic E-state index is 12.8. The van der Waals surface area contributed by atoms with Gasteiger partial charge >= 0.3 is 0 Å².